The molecule has 0 bridgehead atoms. The molecule has 1 amide bonds. The predicted octanol–water partition coefficient (Wildman–Crippen LogP) is 2.01. The van der Waals surface area contributed by atoms with Crippen LogP contribution in [0, 0.1) is 19.7 Å². The monoisotopic (exact) mass is 418 g/mol. The summed E-state index contributed by atoms with van der Waals surface area (Å²) in [4.78, 5) is 33.6. The summed E-state index contributed by atoms with van der Waals surface area (Å²) in [6.45, 7) is 4.75. The third-order valence-electron chi connectivity index (χ3n) is 4.92. The maximum Gasteiger partial charge on any atom is 0.290 e. The van der Waals surface area contributed by atoms with Crippen LogP contribution in [0.2, 0.25) is 0 Å². The average Bonchev–Trinajstić information content (AvgIpc) is 3.12. The molecule has 0 unspecified atom stereocenters. The largest absolute Gasteiger partial charge is 0.503 e. The van der Waals surface area contributed by atoms with Crippen molar-refractivity contribution in [1.82, 2.24) is 9.88 Å². The second-order valence-corrected chi connectivity index (χ2v) is 8.71. The molecular formula is C21H25FN3O3S+. The molecule has 154 valence electrons. The zero-order chi connectivity index (χ0) is 21.3. The second kappa shape index (κ2) is 8.42. The number of carbonyl (C=O) groups excluding carboxylic acids is 2. The number of benzene rings is 1. The molecule has 0 fully saturated rings. The van der Waals surface area contributed by atoms with Crippen LogP contribution in [0.15, 0.2) is 35.6 Å². The lowest BCUT2D eigenvalue weighted by Crippen LogP contribution is -3.05. The Hall–Kier alpha value is -2.58. The summed E-state index contributed by atoms with van der Waals surface area (Å²) in [5, 5.41) is 11.4. The lowest BCUT2D eigenvalue weighted by molar-refractivity contribution is -0.858. The molecule has 1 aromatic heterocycles. The highest BCUT2D eigenvalue weighted by Gasteiger charge is 2.44. The first-order valence-electron chi connectivity index (χ1n) is 9.48. The standard InChI is InChI=1S/C21H24FN3O3S/c1-12-20(29-13(2)23-12)18(26)16-17(14-6-8-15(22)9-7-14)25(21(28)19(16)27)11-5-10-24(3)4/h6-9,17,27H,5,10-11H2,1-4H3/p+1/t17-/m0/s1. The molecule has 6 nitrogen and oxygen atoms in total. The minimum atomic E-state index is -0.755. The van der Waals surface area contributed by atoms with Crippen LogP contribution < -0.4 is 4.90 Å². The predicted molar refractivity (Wildman–Crippen MR) is 109 cm³/mol. The highest BCUT2D eigenvalue weighted by atomic mass is 32.1. The normalized spacial score (nSPS) is 17.0. The maximum atomic E-state index is 13.5. The van der Waals surface area contributed by atoms with Crippen LogP contribution in [0.25, 0.3) is 0 Å². The van der Waals surface area contributed by atoms with E-state index in [9.17, 15) is 19.1 Å². The Kier molecular flexibility index (Phi) is 6.14. The van der Waals surface area contributed by atoms with Gasteiger partial charge in [-0.05, 0) is 31.5 Å². The van der Waals surface area contributed by atoms with Crippen molar-refractivity contribution in [3.05, 3.63) is 62.6 Å². The van der Waals surface area contributed by atoms with Gasteiger partial charge in [0.25, 0.3) is 5.91 Å². The summed E-state index contributed by atoms with van der Waals surface area (Å²) in [5.41, 5.74) is 1.19. The van der Waals surface area contributed by atoms with Gasteiger partial charge in [0, 0.05) is 13.0 Å². The smallest absolute Gasteiger partial charge is 0.290 e. The SMILES string of the molecule is Cc1nc(C)c(C(=O)C2=C(O)C(=O)N(CCC[NH+](C)C)[C@H]2c2ccc(F)cc2)s1. The number of thiazole rings is 1. The number of hydrogen-bond acceptors (Lipinski definition) is 5. The Labute approximate surface area is 173 Å². The van der Waals surface area contributed by atoms with Crippen molar-refractivity contribution < 1.29 is 24.0 Å². The molecule has 0 radical (unpaired) electrons. The van der Waals surface area contributed by atoms with Gasteiger partial charge in [0.2, 0.25) is 5.78 Å². The third-order valence-corrected chi connectivity index (χ3v) is 5.99. The molecule has 0 saturated carbocycles. The lowest BCUT2D eigenvalue weighted by Gasteiger charge is -2.27. The molecule has 0 spiro atoms. The van der Waals surface area contributed by atoms with Crippen molar-refractivity contribution in [2.75, 3.05) is 27.2 Å². The van der Waals surface area contributed by atoms with Crippen LogP contribution in [0.1, 0.15) is 38.4 Å². The molecule has 0 saturated heterocycles. The summed E-state index contributed by atoms with van der Waals surface area (Å²) in [7, 11) is 4.03. The topological polar surface area (TPSA) is 74.9 Å². The Morgan fingerprint density at radius 1 is 1.28 bits per heavy atom. The number of nitrogens with zero attached hydrogens (tertiary/aromatic N) is 2. The van der Waals surface area contributed by atoms with E-state index in [2.05, 4.69) is 4.98 Å². The highest BCUT2D eigenvalue weighted by Crippen LogP contribution is 2.40. The minimum Gasteiger partial charge on any atom is -0.503 e. The number of aliphatic hydroxyl groups is 1. The number of quaternary nitrogens is 1. The summed E-state index contributed by atoms with van der Waals surface area (Å²) in [6.07, 6.45) is 0.708. The van der Waals surface area contributed by atoms with Gasteiger partial charge in [0.15, 0.2) is 5.76 Å². The molecule has 3 rings (SSSR count). The van der Waals surface area contributed by atoms with Gasteiger partial charge in [-0.1, -0.05) is 12.1 Å². The summed E-state index contributed by atoms with van der Waals surface area (Å²) in [5.74, 6) is -1.92. The molecule has 2 N–H and O–H groups in total. The van der Waals surface area contributed by atoms with Gasteiger partial charge in [0.1, 0.15) is 5.82 Å². The number of Topliss-reactive ketones (excluding diaryl/α,β-unsaturated/α-hetero) is 1. The van der Waals surface area contributed by atoms with Crippen LogP contribution >= 0.6 is 11.3 Å². The van der Waals surface area contributed by atoms with Crippen LogP contribution in [0.3, 0.4) is 0 Å². The van der Waals surface area contributed by atoms with Gasteiger partial charge in [-0.25, -0.2) is 9.37 Å². The number of hydrogen-bond donors (Lipinski definition) is 2. The number of halogens is 1. The first kappa shape index (κ1) is 21.1. The van der Waals surface area contributed by atoms with Crippen LogP contribution in [0.4, 0.5) is 4.39 Å². The van der Waals surface area contributed by atoms with Gasteiger partial charge < -0.3 is 14.9 Å². The number of nitrogens with one attached hydrogen (secondary N) is 1. The van der Waals surface area contributed by atoms with E-state index in [4.69, 9.17) is 0 Å². The number of aromatic nitrogens is 1. The summed E-state index contributed by atoms with van der Waals surface area (Å²) >= 11 is 1.24. The first-order valence-corrected chi connectivity index (χ1v) is 10.3. The van der Waals surface area contributed by atoms with Gasteiger partial charge in [-0.3, -0.25) is 9.59 Å². The molecule has 0 aliphatic carbocycles. The van der Waals surface area contributed by atoms with E-state index >= 15 is 0 Å². The van der Waals surface area contributed by atoms with Crippen molar-refractivity contribution in [2.24, 2.45) is 0 Å². The van der Waals surface area contributed by atoms with Crippen molar-refractivity contribution in [1.29, 1.82) is 0 Å². The molecular weight excluding hydrogens is 393 g/mol. The fourth-order valence-corrected chi connectivity index (χ4v) is 4.45. The zero-order valence-electron chi connectivity index (χ0n) is 17.0. The molecule has 8 heteroatoms. The average molecular weight is 419 g/mol. The van der Waals surface area contributed by atoms with E-state index in [0.717, 1.165) is 11.6 Å². The highest BCUT2D eigenvalue weighted by molar-refractivity contribution is 7.14. The number of aryl methyl sites for hydroxylation is 2. The van der Waals surface area contributed by atoms with Crippen LogP contribution in [-0.4, -0.2) is 53.9 Å². The fourth-order valence-electron chi connectivity index (χ4n) is 3.58. The van der Waals surface area contributed by atoms with Crippen molar-refractivity contribution in [3.8, 4) is 0 Å². The Morgan fingerprint density at radius 3 is 2.48 bits per heavy atom. The van der Waals surface area contributed by atoms with Crippen molar-refractivity contribution >= 4 is 23.0 Å². The quantitative estimate of drug-likeness (QED) is 0.675. The van der Waals surface area contributed by atoms with E-state index in [1.54, 1.807) is 26.0 Å². The Morgan fingerprint density at radius 2 is 1.93 bits per heavy atom. The fraction of sp³-hybridized carbons (Fsp3) is 0.381. The maximum absolute atomic E-state index is 13.5. The summed E-state index contributed by atoms with van der Waals surface area (Å²) < 4.78 is 13.5. The molecule has 1 aromatic carbocycles. The Bertz CT molecular complexity index is 966. The van der Waals surface area contributed by atoms with Gasteiger partial charge >= 0.3 is 0 Å². The van der Waals surface area contributed by atoms with E-state index in [1.165, 1.54) is 33.3 Å². The van der Waals surface area contributed by atoms with E-state index in [1.807, 2.05) is 14.1 Å². The van der Waals surface area contributed by atoms with E-state index < -0.39 is 29.3 Å². The number of rotatable bonds is 7. The van der Waals surface area contributed by atoms with Crippen molar-refractivity contribution in [3.63, 3.8) is 0 Å². The van der Waals surface area contributed by atoms with Crippen molar-refractivity contribution in [2.45, 2.75) is 26.3 Å². The van der Waals surface area contributed by atoms with Gasteiger partial charge in [-0.2, -0.15) is 0 Å². The second-order valence-electron chi connectivity index (χ2n) is 7.50. The number of ketones is 1. The van der Waals surface area contributed by atoms with E-state index in [0.29, 0.717) is 29.1 Å². The first-order chi connectivity index (χ1) is 13.7. The number of amides is 1. The lowest BCUT2D eigenvalue weighted by atomic mass is 9.95. The Balaban J connectivity index is 2.03. The molecule has 29 heavy (non-hydrogen) atoms. The number of carbonyl (C=O) groups is 2. The van der Waals surface area contributed by atoms with Gasteiger partial charge in [-0.15, -0.1) is 11.3 Å². The molecule has 1 aliphatic rings. The number of aliphatic hydroxyl groups excluding tert-OH is 1. The molecule has 1 atom stereocenters. The third kappa shape index (κ3) is 4.23. The zero-order valence-corrected chi connectivity index (χ0v) is 17.8. The van der Waals surface area contributed by atoms with E-state index in [-0.39, 0.29) is 5.57 Å². The van der Waals surface area contributed by atoms with Gasteiger partial charge in [0.05, 0.1) is 47.8 Å². The molecule has 1 aliphatic heterocycles. The minimum absolute atomic E-state index is 0.0329. The molecule has 2 heterocycles. The van der Waals surface area contributed by atoms with Crippen LogP contribution in [0.5, 0.6) is 0 Å². The van der Waals surface area contributed by atoms with Crippen LogP contribution in [-0.2, 0) is 4.79 Å². The summed E-state index contributed by atoms with van der Waals surface area (Å²) in [6, 6.07) is 4.93. The molecule has 2 aromatic rings.